The van der Waals surface area contributed by atoms with E-state index in [4.69, 9.17) is 0 Å². The molecule has 0 aromatic carbocycles. The molecular weight excluding hydrogens is 287 g/mol. The van der Waals surface area contributed by atoms with Crippen LogP contribution in [0.4, 0.5) is 0 Å². The Balaban J connectivity index is 2.99. The second kappa shape index (κ2) is 9.99. The maximum absolute atomic E-state index is 2.38. The van der Waals surface area contributed by atoms with E-state index < -0.39 is 0 Å². The van der Waals surface area contributed by atoms with Crippen molar-refractivity contribution in [3.05, 3.63) is 0 Å². The van der Waals surface area contributed by atoms with E-state index in [2.05, 4.69) is 20.8 Å². The van der Waals surface area contributed by atoms with Crippen LogP contribution in [0.3, 0.4) is 0 Å². The molecule has 0 aromatic heterocycles. The number of unbranched alkanes of at least 4 members (excludes halogenated alkanes) is 8. The van der Waals surface area contributed by atoms with Crippen molar-refractivity contribution < 1.29 is 0 Å². The summed E-state index contributed by atoms with van der Waals surface area (Å²) in [6, 6.07) is 0. The summed E-state index contributed by atoms with van der Waals surface area (Å²) < 4.78 is 0.633. The Morgan fingerprint density at radius 1 is 0.733 bits per heavy atom. The fourth-order valence-electron chi connectivity index (χ4n) is 1.88. The zero-order valence-electron chi connectivity index (χ0n) is 11.1. The van der Waals surface area contributed by atoms with E-state index in [1.54, 1.807) is 22.5 Å². The third-order valence-electron chi connectivity index (χ3n) is 2.91. The van der Waals surface area contributed by atoms with Crippen molar-refractivity contribution in [3.8, 4) is 0 Å². The van der Waals surface area contributed by atoms with Crippen molar-refractivity contribution in [1.29, 1.82) is 0 Å². The summed E-state index contributed by atoms with van der Waals surface area (Å²) >= 11 is 1.70. The summed E-state index contributed by atoms with van der Waals surface area (Å²) in [5.74, 6) is 0. The van der Waals surface area contributed by atoms with Gasteiger partial charge >= 0.3 is 111 Å². The Bertz CT molecular complexity index is 124. The molecule has 0 amide bonds. The van der Waals surface area contributed by atoms with Crippen molar-refractivity contribution in [2.75, 3.05) is 0 Å². The summed E-state index contributed by atoms with van der Waals surface area (Å²) in [7, 11) is 0. The first-order valence-corrected chi connectivity index (χ1v) is 8.24. The van der Waals surface area contributed by atoms with E-state index >= 15 is 0 Å². The second-order valence-corrected chi connectivity index (χ2v) is 9.33. The Morgan fingerprint density at radius 2 is 1.13 bits per heavy atom. The Labute approximate surface area is 111 Å². The van der Waals surface area contributed by atoms with Crippen LogP contribution in [-0.2, 0) is 0 Å². The molecule has 0 aliphatic heterocycles. The molecule has 0 saturated heterocycles. The zero-order valence-corrected chi connectivity index (χ0v) is 13.9. The van der Waals surface area contributed by atoms with Crippen LogP contribution in [0.5, 0.6) is 0 Å². The van der Waals surface area contributed by atoms with E-state index in [1.807, 2.05) is 0 Å². The van der Waals surface area contributed by atoms with Crippen LogP contribution < -0.4 is 0 Å². The molecule has 0 N–H and O–H groups in total. The molecule has 0 fully saturated rings. The van der Waals surface area contributed by atoms with E-state index in [0.29, 0.717) is 3.43 Å². The van der Waals surface area contributed by atoms with Gasteiger partial charge in [-0.15, -0.1) is 0 Å². The van der Waals surface area contributed by atoms with E-state index in [-0.39, 0.29) is 0 Å². The maximum atomic E-state index is 2.38. The van der Waals surface area contributed by atoms with E-state index in [9.17, 15) is 0 Å². The van der Waals surface area contributed by atoms with Gasteiger partial charge in [0.15, 0.2) is 0 Å². The average Bonchev–Trinajstić information content (AvgIpc) is 2.14. The van der Waals surface area contributed by atoms with Crippen LogP contribution in [0, 0.1) is 0 Å². The fourth-order valence-corrected chi connectivity index (χ4v) is 2.38. The van der Waals surface area contributed by atoms with Crippen molar-refractivity contribution in [2.24, 2.45) is 0 Å². The third kappa shape index (κ3) is 14.8. The first-order chi connectivity index (χ1) is 7.06. The van der Waals surface area contributed by atoms with Gasteiger partial charge in [0.2, 0.25) is 0 Å². The van der Waals surface area contributed by atoms with Crippen LogP contribution in [0.2, 0.25) is 3.43 Å². The third-order valence-corrected chi connectivity index (χ3v) is 3.62. The summed E-state index contributed by atoms with van der Waals surface area (Å²) in [6.45, 7) is 7.06. The van der Waals surface area contributed by atoms with Gasteiger partial charge in [0.25, 0.3) is 0 Å². The van der Waals surface area contributed by atoms with Gasteiger partial charge in [0.1, 0.15) is 0 Å². The molecule has 1 heteroatoms. The average molecular weight is 316 g/mol. The van der Waals surface area contributed by atoms with Gasteiger partial charge in [-0.05, 0) is 0 Å². The quantitative estimate of drug-likeness (QED) is 0.380. The molecule has 0 heterocycles. The molecule has 0 bridgehead atoms. The van der Waals surface area contributed by atoms with Crippen LogP contribution in [0.1, 0.15) is 85.0 Å². The number of rotatable bonds is 10. The fraction of sp³-hybridized carbons (Fsp3) is 1.00. The first-order valence-electron chi connectivity index (χ1n) is 6.81. The van der Waals surface area contributed by atoms with Crippen molar-refractivity contribution in [3.63, 3.8) is 0 Å². The molecule has 0 rings (SSSR count). The monoisotopic (exact) mass is 317 g/mol. The van der Waals surface area contributed by atoms with Crippen molar-refractivity contribution in [2.45, 2.75) is 88.4 Å². The topological polar surface area (TPSA) is 0 Å². The van der Waals surface area contributed by atoms with Gasteiger partial charge in [-0.25, -0.2) is 0 Å². The van der Waals surface area contributed by atoms with Crippen LogP contribution >= 0.6 is 0 Å². The molecule has 0 atom stereocenters. The molecule has 0 nitrogen and oxygen atoms in total. The SMILES string of the molecule is CCCCCCCCCCC[C](C)(C)[Sn+3]. The van der Waals surface area contributed by atoms with Gasteiger partial charge < -0.3 is 0 Å². The Morgan fingerprint density at radius 3 is 1.53 bits per heavy atom. The van der Waals surface area contributed by atoms with Gasteiger partial charge in [0, 0.05) is 0 Å². The predicted octanol–water partition coefficient (Wildman–Crippen LogP) is 5.27. The van der Waals surface area contributed by atoms with Crippen molar-refractivity contribution in [1.82, 2.24) is 0 Å². The molecule has 15 heavy (non-hydrogen) atoms. The zero-order chi connectivity index (χ0) is 11.6. The van der Waals surface area contributed by atoms with E-state index in [0.717, 1.165) is 0 Å². The van der Waals surface area contributed by atoms with Gasteiger partial charge in [-0.3, -0.25) is 0 Å². The predicted molar refractivity (Wildman–Crippen MR) is 71.6 cm³/mol. The summed E-state index contributed by atoms with van der Waals surface area (Å²) in [6.07, 6.45) is 14.5. The Hall–Kier alpha value is 0.799. The van der Waals surface area contributed by atoms with Crippen molar-refractivity contribution >= 4 is 22.5 Å². The van der Waals surface area contributed by atoms with Crippen LogP contribution in [0.25, 0.3) is 0 Å². The Kier molecular flexibility index (Phi) is 10.5. The molecule has 0 spiro atoms. The van der Waals surface area contributed by atoms with Crippen LogP contribution in [0.15, 0.2) is 0 Å². The van der Waals surface area contributed by atoms with Gasteiger partial charge in [-0.1, -0.05) is 0 Å². The number of hydrogen-bond donors (Lipinski definition) is 0. The molecule has 0 aromatic rings. The standard InChI is InChI=1S/C14H29.Sn/c1-4-5-6-7-8-9-10-11-12-13-14(2)3;/h4-13H2,1-3H3;/q;+3. The summed E-state index contributed by atoms with van der Waals surface area (Å²) in [5.41, 5.74) is 0. The van der Waals surface area contributed by atoms with E-state index in [1.165, 1.54) is 64.2 Å². The first kappa shape index (κ1) is 15.8. The summed E-state index contributed by atoms with van der Waals surface area (Å²) in [5, 5.41) is 0. The minimum atomic E-state index is 0.633. The molecule has 0 aliphatic carbocycles. The summed E-state index contributed by atoms with van der Waals surface area (Å²) in [4.78, 5) is 0. The molecule has 86 valence electrons. The second-order valence-electron chi connectivity index (χ2n) is 5.46. The van der Waals surface area contributed by atoms with Crippen LogP contribution in [-0.4, -0.2) is 22.5 Å². The molecular formula is C14H29Sn+3. The molecule has 0 saturated carbocycles. The van der Waals surface area contributed by atoms with Gasteiger partial charge in [0.05, 0.1) is 0 Å². The molecule has 0 radical (unpaired) electrons. The normalized spacial score (nSPS) is 12.1. The van der Waals surface area contributed by atoms with Gasteiger partial charge in [-0.2, -0.15) is 0 Å². The minimum absolute atomic E-state index is 0.633. The molecule has 0 aliphatic rings. The number of hydrogen-bond acceptors (Lipinski definition) is 0. The molecule has 0 unspecified atom stereocenters.